The average molecular weight is 291 g/mol. The number of hydrazine groups is 1. The molecule has 1 fully saturated rings. The van der Waals surface area contributed by atoms with E-state index in [0.717, 1.165) is 32.6 Å². The number of nitrogens with zero attached hydrogens (tertiary/aromatic N) is 2. The first-order valence-electron chi connectivity index (χ1n) is 7.48. The minimum atomic E-state index is -0.169. The number of nitrogens with one attached hydrogen (secondary N) is 1. The molecule has 5 heteroatoms. The number of hydrogen-bond acceptors (Lipinski definition) is 5. The first-order valence-corrected chi connectivity index (χ1v) is 7.48. The lowest BCUT2D eigenvalue weighted by Crippen LogP contribution is -2.54. The van der Waals surface area contributed by atoms with Crippen molar-refractivity contribution in [3.05, 3.63) is 35.9 Å². The summed E-state index contributed by atoms with van der Waals surface area (Å²) in [5.74, 6) is -0.169. The Morgan fingerprint density at radius 3 is 2.52 bits per heavy atom. The van der Waals surface area contributed by atoms with Crippen molar-refractivity contribution in [1.29, 1.82) is 0 Å². The topological polar surface area (TPSA) is 44.8 Å². The van der Waals surface area contributed by atoms with Crippen molar-refractivity contribution in [1.82, 2.24) is 15.3 Å². The van der Waals surface area contributed by atoms with Crippen LogP contribution in [-0.4, -0.2) is 62.3 Å². The zero-order valence-electron chi connectivity index (χ0n) is 12.9. The van der Waals surface area contributed by atoms with Gasteiger partial charge in [-0.3, -0.25) is 10.2 Å². The molecule has 1 heterocycles. The third-order valence-electron chi connectivity index (χ3n) is 3.83. The first kappa shape index (κ1) is 15.9. The maximum Gasteiger partial charge on any atom is 0.307 e. The van der Waals surface area contributed by atoms with Crippen LogP contribution < -0.4 is 5.43 Å². The van der Waals surface area contributed by atoms with E-state index in [4.69, 9.17) is 4.74 Å². The Morgan fingerprint density at radius 2 is 1.90 bits per heavy atom. The van der Waals surface area contributed by atoms with Gasteiger partial charge in [0.25, 0.3) is 0 Å². The third-order valence-corrected chi connectivity index (χ3v) is 3.83. The summed E-state index contributed by atoms with van der Waals surface area (Å²) in [5, 5.41) is 2.22. The molecule has 0 aliphatic carbocycles. The van der Waals surface area contributed by atoms with Gasteiger partial charge in [-0.2, -0.15) is 0 Å². The molecule has 0 bridgehead atoms. The van der Waals surface area contributed by atoms with Crippen molar-refractivity contribution in [3.63, 3.8) is 0 Å². The Morgan fingerprint density at radius 1 is 1.24 bits per heavy atom. The van der Waals surface area contributed by atoms with Crippen LogP contribution in [-0.2, 0) is 16.0 Å². The highest BCUT2D eigenvalue weighted by Gasteiger charge is 2.20. The summed E-state index contributed by atoms with van der Waals surface area (Å²) < 4.78 is 4.82. The fourth-order valence-electron chi connectivity index (χ4n) is 2.54. The van der Waals surface area contributed by atoms with Crippen LogP contribution in [0.2, 0.25) is 0 Å². The van der Waals surface area contributed by atoms with E-state index in [1.807, 2.05) is 18.2 Å². The van der Waals surface area contributed by atoms with Gasteiger partial charge in [0.2, 0.25) is 0 Å². The van der Waals surface area contributed by atoms with Crippen LogP contribution in [0.5, 0.6) is 0 Å². The number of benzene rings is 1. The van der Waals surface area contributed by atoms with Gasteiger partial charge in [0, 0.05) is 32.2 Å². The largest absolute Gasteiger partial charge is 0.469 e. The van der Waals surface area contributed by atoms with Gasteiger partial charge in [0.1, 0.15) is 0 Å². The van der Waals surface area contributed by atoms with Gasteiger partial charge in [0.05, 0.1) is 13.5 Å². The third kappa shape index (κ3) is 5.46. The van der Waals surface area contributed by atoms with Crippen LogP contribution in [0.4, 0.5) is 0 Å². The second-order valence-electron chi connectivity index (χ2n) is 5.59. The normalized spacial score (nSPS) is 18.4. The number of piperazine rings is 1. The Labute approximate surface area is 126 Å². The summed E-state index contributed by atoms with van der Waals surface area (Å²) in [6, 6.07) is 10.3. The zero-order valence-corrected chi connectivity index (χ0v) is 12.9. The second-order valence-corrected chi connectivity index (χ2v) is 5.59. The highest BCUT2D eigenvalue weighted by atomic mass is 16.5. The summed E-state index contributed by atoms with van der Waals surface area (Å²) in [6.07, 6.45) is 1.21. The fourth-order valence-corrected chi connectivity index (χ4v) is 2.54. The molecule has 1 aliphatic heterocycles. The minimum Gasteiger partial charge on any atom is -0.469 e. The van der Waals surface area contributed by atoms with E-state index in [0.29, 0.717) is 6.42 Å². The van der Waals surface area contributed by atoms with E-state index in [1.54, 1.807) is 0 Å². The van der Waals surface area contributed by atoms with Gasteiger partial charge < -0.3 is 9.64 Å². The van der Waals surface area contributed by atoms with E-state index in [1.165, 1.54) is 12.7 Å². The number of likely N-dealkylation sites (N-methyl/N-ethyl adjacent to an activating group) is 1. The van der Waals surface area contributed by atoms with Gasteiger partial charge >= 0.3 is 5.97 Å². The lowest BCUT2D eigenvalue weighted by atomic mass is 10.0. The number of hydrogen-bond donors (Lipinski definition) is 1. The highest BCUT2D eigenvalue weighted by molar-refractivity contribution is 5.69. The minimum absolute atomic E-state index is 0.0725. The number of carbonyl (C=O) groups excluding carboxylic acids is 1. The summed E-state index contributed by atoms with van der Waals surface area (Å²) in [4.78, 5) is 13.9. The van der Waals surface area contributed by atoms with Crippen LogP contribution in [0.25, 0.3) is 0 Å². The van der Waals surface area contributed by atoms with Crippen molar-refractivity contribution < 1.29 is 9.53 Å². The number of carbonyl (C=O) groups is 1. The fraction of sp³-hybridized carbons (Fsp3) is 0.562. The Kier molecular flexibility index (Phi) is 6.17. The van der Waals surface area contributed by atoms with Crippen LogP contribution >= 0.6 is 0 Å². The predicted octanol–water partition coefficient (Wildman–Crippen LogP) is 0.913. The number of methoxy groups -OCH3 is 1. The van der Waals surface area contributed by atoms with Gasteiger partial charge in [0.15, 0.2) is 0 Å². The molecule has 0 saturated carbocycles. The smallest absolute Gasteiger partial charge is 0.307 e. The van der Waals surface area contributed by atoms with Crippen molar-refractivity contribution in [3.8, 4) is 0 Å². The Bertz CT molecular complexity index is 430. The summed E-state index contributed by atoms with van der Waals surface area (Å²) >= 11 is 0. The zero-order chi connectivity index (χ0) is 15.1. The number of rotatable bonds is 6. The quantitative estimate of drug-likeness (QED) is 0.790. The number of ether oxygens (including phenoxy) is 1. The molecule has 116 valence electrons. The first-order chi connectivity index (χ1) is 10.2. The Hall–Kier alpha value is -1.43. The molecule has 1 N–H and O–H groups in total. The van der Waals surface area contributed by atoms with E-state index in [-0.39, 0.29) is 12.0 Å². The van der Waals surface area contributed by atoms with Crippen molar-refractivity contribution in [2.24, 2.45) is 0 Å². The standard InChI is InChI=1S/C16H25N3O2/c1-18-8-10-19(11-9-18)17-15(13-16(20)21-2)12-14-6-4-3-5-7-14/h3-7,15,17H,8-13H2,1-2H3. The lowest BCUT2D eigenvalue weighted by molar-refractivity contribution is -0.141. The van der Waals surface area contributed by atoms with E-state index in [2.05, 4.69) is 34.5 Å². The number of esters is 1. The molecule has 1 saturated heterocycles. The molecule has 1 aromatic rings. The summed E-state index contributed by atoms with van der Waals surface area (Å²) in [6.45, 7) is 4.04. The molecule has 2 rings (SSSR count). The maximum atomic E-state index is 11.6. The van der Waals surface area contributed by atoms with Gasteiger partial charge in [-0.1, -0.05) is 30.3 Å². The average Bonchev–Trinajstić information content (AvgIpc) is 2.50. The van der Waals surface area contributed by atoms with Gasteiger partial charge in [-0.15, -0.1) is 0 Å². The van der Waals surface area contributed by atoms with E-state index < -0.39 is 0 Å². The van der Waals surface area contributed by atoms with Crippen LogP contribution in [0.15, 0.2) is 30.3 Å². The molecule has 1 atom stereocenters. The predicted molar refractivity (Wildman–Crippen MR) is 82.8 cm³/mol. The van der Waals surface area contributed by atoms with E-state index >= 15 is 0 Å². The van der Waals surface area contributed by atoms with Crippen molar-refractivity contribution in [2.45, 2.75) is 18.9 Å². The molecule has 0 spiro atoms. The van der Waals surface area contributed by atoms with Crippen LogP contribution in [0.3, 0.4) is 0 Å². The molecule has 5 nitrogen and oxygen atoms in total. The van der Waals surface area contributed by atoms with Crippen molar-refractivity contribution in [2.75, 3.05) is 40.3 Å². The van der Waals surface area contributed by atoms with Crippen LogP contribution in [0.1, 0.15) is 12.0 Å². The van der Waals surface area contributed by atoms with Gasteiger partial charge in [-0.05, 0) is 19.0 Å². The molecule has 1 aromatic carbocycles. The van der Waals surface area contributed by atoms with E-state index in [9.17, 15) is 4.79 Å². The molecular formula is C16H25N3O2. The highest BCUT2D eigenvalue weighted by Crippen LogP contribution is 2.08. The SMILES string of the molecule is COC(=O)CC(Cc1ccccc1)NN1CCN(C)CC1. The molecule has 21 heavy (non-hydrogen) atoms. The molecule has 0 amide bonds. The second kappa shape index (κ2) is 8.12. The van der Waals surface area contributed by atoms with Gasteiger partial charge in [-0.25, -0.2) is 5.01 Å². The molecule has 0 aromatic heterocycles. The summed E-state index contributed by atoms with van der Waals surface area (Å²) in [5.41, 5.74) is 4.73. The maximum absolute atomic E-state index is 11.6. The monoisotopic (exact) mass is 291 g/mol. The van der Waals surface area contributed by atoms with Crippen LogP contribution in [0, 0.1) is 0 Å². The summed E-state index contributed by atoms with van der Waals surface area (Å²) in [7, 11) is 3.57. The molecule has 1 aliphatic rings. The van der Waals surface area contributed by atoms with Crippen molar-refractivity contribution >= 4 is 5.97 Å². The molecule has 1 unspecified atom stereocenters. The molecular weight excluding hydrogens is 266 g/mol. The molecule has 0 radical (unpaired) electrons. The lowest BCUT2D eigenvalue weighted by Gasteiger charge is -2.35. The Balaban J connectivity index is 1.93.